The molecule has 0 saturated heterocycles. The molecular formula is C22H18F3N3O4S. The molecule has 172 valence electrons. The lowest BCUT2D eigenvalue weighted by Crippen LogP contribution is -2.28. The summed E-state index contributed by atoms with van der Waals surface area (Å²) in [5.41, 5.74) is 2.57. The van der Waals surface area contributed by atoms with Crippen LogP contribution in [0.25, 0.3) is 0 Å². The number of aromatic nitrogens is 1. The number of hydrogen-bond donors (Lipinski definition) is 1. The summed E-state index contributed by atoms with van der Waals surface area (Å²) in [6, 6.07) is 12.6. The van der Waals surface area contributed by atoms with Crippen molar-refractivity contribution in [1.82, 2.24) is 15.2 Å². The number of carbonyl (C=O) groups is 2. The van der Waals surface area contributed by atoms with Crippen LogP contribution < -0.4 is 14.8 Å². The number of hydrogen-bond acceptors (Lipinski definition) is 6. The van der Waals surface area contributed by atoms with Gasteiger partial charge in [0, 0.05) is 18.5 Å². The van der Waals surface area contributed by atoms with Crippen molar-refractivity contribution >= 4 is 23.2 Å². The molecule has 2 aromatic carbocycles. The smallest absolute Gasteiger partial charge is 0.484 e. The second-order valence-electron chi connectivity index (χ2n) is 7.14. The zero-order chi connectivity index (χ0) is 23.4. The zero-order valence-electron chi connectivity index (χ0n) is 17.1. The molecule has 0 bridgehead atoms. The third kappa shape index (κ3) is 6.01. The average Bonchev–Trinajstić information content (AvgIpc) is 3.43. The first-order chi connectivity index (χ1) is 15.8. The maximum atomic E-state index is 12.7. The van der Waals surface area contributed by atoms with Crippen molar-refractivity contribution < 1.29 is 32.2 Å². The Kier molecular flexibility index (Phi) is 6.50. The molecule has 0 unspecified atom stereocenters. The first kappa shape index (κ1) is 22.6. The van der Waals surface area contributed by atoms with E-state index in [0.29, 0.717) is 23.8 Å². The Bertz CT molecular complexity index is 1120. The van der Waals surface area contributed by atoms with Gasteiger partial charge in [0.15, 0.2) is 6.61 Å². The number of benzene rings is 2. The van der Waals surface area contributed by atoms with Crippen molar-refractivity contribution in [2.24, 2.45) is 0 Å². The summed E-state index contributed by atoms with van der Waals surface area (Å²) in [5.74, 6) is -0.773. The maximum absolute atomic E-state index is 12.7. The summed E-state index contributed by atoms with van der Waals surface area (Å²) in [6.07, 6.45) is -4.78. The van der Waals surface area contributed by atoms with Crippen molar-refractivity contribution in [3.63, 3.8) is 0 Å². The zero-order valence-corrected chi connectivity index (χ0v) is 17.9. The molecule has 0 atom stereocenters. The molecular weight excluding hydrogens is 459 g/mol. The predicted molar refractivity (Wildman–Crippen MR) is 113 cm³/mol. The summed E-state index contributed by atoms with van der Waals surface area (Å²) in [4.78, 5) is 30.8. The van der Waals surface area contributed by atoms with E-state index in [2.05, 4.69) is 15.0 Å². The van der Waals surface area contributed by atoms with E-state index >= 15 is 0 Å². The standard InChI is InChI=1S/C22H18F3N3O4S/c23-22(24,25)32-17-7-5-16(6-8-17)31-12-19(29)26-9-20-27-18(13-33-20)21(30)28-10-14-3-1-2-4-15(14)11-28/h1-8,13H,9-12H2,(H,26,29). The number of nitrogens with one attached hydrogen (secondary N) is 1. The van der Waals surface area contributed by atoms with Crippen LogP contribution in [0.3, 0.4) is 0 Å². The molecule has 2 amide bonds. The van der Waals surface area contributed by atoms with E-state index in [0.717, 1.165) is 23.3 Å². The Labute approximate surface area is 190 Å². The third-order valence-electron chi connectivity index (χ3n) is 4.76. The number of halogens is 3. The number of ether oxygens (including phenoxy) is 2. The van der Waals surface area contributed by atoms with Crippen molar-refractivity contribution in [3.8, 4) is 11.5 Å². The van der Waals surface area contributed by atoms with E-state index in [1.165, 1.54) is 23.5 Å². The summed E-state index contributed by atoms with van der Waals surface area (Å²) in [5, 5.41) is 4.86. The van der Waals surface area contributed by atoms with Gasteiger partial charge in [0.25, 0.3) is 11.8 Å². The van der Waals surface area contributed by atoms with Crippen LogP contribution in [0.15, 0.2) is 53.9 Å². The first-order valence-electron chi connectivity index (χ1n) is 9.82. The Balaban J connectivity index is 1.22. The van der Waals surface area contributed by atoms with Gasteiger partial charge in [-0.3, -0.25) is 9.59 Å². The van der Waals surface area contributed by atoms with Crippen molar-refractivity contribution in [2.45, 2.75) is 26.0 Å². The normalized spacial score (nSPS) is 12.9. The molecule has 0 fully saturated rings. The number of nitrogens with zero attached hydrogens (tertiary/aromatic N) is 2. The largest absolute Gasteiger partial charge is 0.573 e. The molecule has 1 aliphatic rings. The molecule has 1 aromatic heterocycles. The van der Waals surface area contributed by atoms with Crippen LogP contribution in [0.2, 0.25) is 0 Å². The van der Waals surface area contributed by atoms with Crippen LogP contribution in [0.1, 0.15) is 26.6 Å². The minimum atomic E-state index is -4.78. The highest BCUT2D eigenvalue weighted by Crippen LogP contribution is 2.25. The van der Waals surface area contributed by atoms with Gasteiger partial charge in [-0.25, -0.2) is 4.98 Å². The number of fused-ring (bicyclic) bond motifs is 1. The van der Waals surface area contributed by atoms with Gasteiger partial charge in [0.05, 0.1) is 6.54 Å². The van der Waals surface area contributed by atoms with Crippen molar-refractivity contribution in [2.75, 3.05) is 6.61 Å². The van der Waals surface area contributed by atoms with Gasteiger partial charge in [-0.1, -0.05) is 24.3 Å². The van der Waals surface area contributed by atoms with Gasteiger partial charge in [-0.2, -0.15) is 0 Å². The highest BCUT2D eigenvalue weighted by Gasteiger charge is 2.31. The number of alkyl halides is 3. The number of rotatable bonds is 7. The fraction of sp³-hybridized carbons (Fsp3) is 0.227. The van der Waals surface area contributed by atoms with E-state index in [-0.39, 0.29) is 30.6 Å². The van der Waals surface area contributed by atoms with Crippen LogP contribution in [-0.2, 0) is 24.4 Å². The molecule has 11 heteroatoms. The molecule has 2 heterocycles. The van der Waals surface area contributed by atoms with E-state index < -0.39 is 12.3 Å². The van der Waals surface area contributed by atoms with E-state index in [1.807, 2.05) is 24.3 Å². The van der Waals surface area contributed by atoms with E-state index in [1.54, 1.807) is 10.3 Å². The second kappa shape index (κ2) is 9.49. The second-order valence-corrected chi connectivity index (χ2v) is 8.08. The highest BCUT2D eigenvalue weighted by atomic mass is 32.1. The summed E-state index contributed by atoms with van der Waals surface area (Å²) < 4.78 is 45.5. The predicted octanol–water partition coefficient (Wildman–Crippen LogP) is 3.89. The number of thiazole rings is 1. The van der Waals surface area contributed by atoms with Gasteiger partial charge >= 0.3 is 6.36 Å². The van der Waals surface area contributed by atoms with Crippen molar-refractivity contribution in [3.05, 3.63) is 75.7 Å². The van der Waals surface area contributed by atoms with Gasteiger partial charge in [0.1, 0.15) is 22.2 Å². The van der Waals surface area contributed by atoms with Gasteiger partial charge in [-0.05, 0) is 35.4 Å². The summed E-state index contributed by atoms with van der Waals surface area (Å²) in [6.45, 7) is 0.875. The minimum Gasteiger partial charge on any atom is -0.484 e. The Morgan fingerprint density at radius 3 is 2.30 bits per heavy atom. The van der Waals surface area contributed by atoms with Gasteiger partial charge < -0.3 is 19.7 Å². The molecule has 33 heavy (non-hydrogen) atoms. The van der Waals surface area contributed by atoms with Gasteiger partial charge in [-0.15, -0.1) is 24.5 Å². The minimum absolute atomic E-state index is 0.124. The molecule has 0 saturated carbocycles. The fourth-order valence-corrected chi connectivity index (χ4v) is 3.95. The Morgan fingerprint density at radius 2 is 1.67 bits per heavy atom. The number of carbonyl (C=O) groups excluding carboxylic acids is 2. The van der Waals surface area contributed by atoms with E-state index in [4.69, 9.17) is 4.74 Å². The van der Waals surface area contributed by atoms with Crippen LogP contribution in [-0.4, -0.2) is 34.7 Å². The first-order valence-corrected chi connectivity index (χ1v) is 10.7. The molecule has 3 aromatic rings. The molecule has 1 N–H and O–H groups in total. The third-order valence-corrected chi connectivity index (χ3v) is 5.61. The Morgan fingerprint density at radius 1 is 1.03 bits per heavy atom. The lowest BCUT2D eigenvalue weighted by Gasteiger charge is -2.13. The average molecular weight is 477 g/mol. The van der Waals surface area contributed by atoms with E-state index in [9.17, 15) is 22.8 Å². The monoisotopic (exact) mass is 477 g/mol. The summed E-state index contributed by atoms with van der Waals surface area (Å²) >= 11 is 1.26. The molecule has 1 aliphatic heterocycles. The molecule has 0 radical (unpaired) electrons. The summed E-state index contributed by atoms with van der Waals surface area (Å²) in [7, 11) is 0. The quantitative estimate of drug-likeness (QED) is 0.559. The van der Waals surface area contributed by atoms with Crippen LogP contribution in [0, 0.1) is 0 Å². The SMILES string of the molecule is O=C(COc1ccc(OC(F)(F)F)cc1)NCc1nc(C(=O)N2Cc3ccccc3C2)cs1. The van der Waals surface area contributed by atoms with Gasteiger partial charge in [0.2, 0.25) is 0 Å². The topological polar surface area (TPSA) is 80.8 Å². The molecule has 0 spiro atoms. The Hall–Kier alpha value is -3.60. The maximum Gasteiger partial charge on any atom is 0.573 e. The highest BCUT2D eigenvalue weighted by molar-refractivity contribution is 7.09. The van der Waals surface area contributed by atoms with Crippen molar-refractivity contribution in [1.29, 1.82) is 0 Å². The van der Waals surface area contributed by atoms with Crippen LogP contribution >= 0.6 is 11.3 Å². The fourth-order valence-electron chi connectivity index (χ4n) is 3.24. The molecule has 0 aliphatic carbocycles. The van der Waals surface area contributed by atoms with Crippen LogP contribution in [0.4, 0.5) is 13.2 Å². The lowest BCUT2D eigenvalue weighted by molar-refractivity contribution is -0.274. The lowest BCUT2D eigenvalue weighted by atomic mass is 10.1. The number of amides is 2. The molecule has 7 nitrogen and oxygen atoms in total. The van der Waals surface area contributed by atoms with Crippen LogP contribution in [0.5, 0.6) is 11.5 Å². The molecule has 4 rings (SSSR count).